The number of methoxy groups -OCH3 is 1. The summed E-state index contributed by atoms with van der Waals surface area (Å²) in [7, 11) is 1.40. The first-order valence-corrected chi connectivity index (χ1v) is 5.58. The number of Topliss-reactive ketones (excluding diaryl/α,β-unsaturated/α-hetero) is 1. The number of benzene rings is 1. The summed E-state index contributed by atoms with van der Waals surface area (Å²) in [5.74, 6) is -0.422. The molecule has 4 heteroatoms. The number of carbonyl (C=O) groups is 1. The van der Waals surface area contributed by atoms with Crippen LogP contribution in [0.1, 0.15) is 19.4 Å². The number of halogens is 1. The lowest BCUT2D eigenvalue weighted by atomic mass is 9.96. The van der Waals surface area contributed by atoms with E-state index in [0.717, 1.165) is 0 Å². The molecule has 0 aliphatic rings. The van der Waals surface area contributed by atoms with Crippen LogP contribution in [0.4, 0.5) is 4.39 Å². The van der Waals surface area contributed by atoms with Gasteiger partial charge in [-0.3, -0.25) is 4.79 Å². The Kier molecular flexibility index (Phi) is 4.63. The first-order valence-electron chi connectivity index (χ1n) is 5.58. The third-order valence-electron chi connectivity index (χ3n) is 2.63. The second kappa shape index (κ2) is 5.77. The maximum atomic E-state index is 13.4. The summed E-state index contributed by atoms with van der Waals surface area (Å²) in [4.78, 5) is 11.7. The van der Waals surface area contributed by atoms with E-state index in [1.165, 1.54) is 13.2 Å². The molecule has 1 unspecified atom stereocenters. The molecule has 0 radical (unpaired) electrons. The molecule has 0 fully saturated rings. The fraction of sp³-hybridized carbons (Fsp3) is 0.462. The minimum Gasteiger partial charge on any atom is -0.493 e. The molecule has 94 valence electrons. The Labute approximate surface area is 101 Å². The fourth-order valence-corrected chi connectivity index (χ4v) is 1.71. The smallest absolute Gasteiger partial charge is 0.165 e. The summed E-state index contributed by atoms with van der Waals surface area (Å²) in [6, 6.07) is 4.00. The van der Waals surface area contributed by atoms with Crippen molar-refractivity contribution in [3.8, 4) is 5.75 Å². The largest absolute Gasteiger partial charge is 0.493 e. The Morgan fingerprint density at radius 1 is 1.47 bits per heavy atom. The molecule has 0 aromatic heterocycles. The van der Waals surface area contributed by atoms with Crippen LogP contribution in [0.3, 0.4) is 0 Å². The first-order chi connectivity index (χ1) is 7.97. The van der Waals surface area contributed by atoms with Crippen molar-refractivity contribution < 1.29 is 13.9 Å². The molecule has 17 heavy (non-hydrogen) atoms. The summed E-state index contributed by atoms with van der Waals surface area (Å²) in [5, 5.41) is 0. The van der Waals surface area contributed by atoms with Crippen molar-refractivity contribution in [2.75, 3.05) is 7.11 Å². The summed E-state index contributed by atoms with van der Waals surface area (Å²) < 4.78 is 18.4. The van der Waals surface area contributed by atoms with Gasteiger partial charge in [-0.15, -0.1) is 0 Å². The van der Waals surface area contributed by atoms with Gasteiger partial charge in [0.05, 0.1) is 13.2 Å². The van der Waals surface area contributed by atoms with E-state index >= 15 is 0 Å². The second-order valence-corrected chi connectivity index (χ2v) is 4.30. The highest BCUT2D eigenvalue weighted by Crippen LogP contribution is 2.23. The molecule has 1 atom stereocenters. The van der Waals surface area contributed by atoms with Gasteiger partial charge in [-0.1, -0.05) is 26.0 Å². The summed E-state index contributed by atoms with van der Waals surface area (Å²) >= 11 is 0. The molecule has 0 saturated carbocycles. The summed E-state index contributed by atoms with van der Waals surface area (Å²) in [6.45, 7) is 3.59. The van der Waals surface area contributed by atoms with Gasteiger partial charge in [-0.05, 0) is 18.1 Å². The minimum atomic E-state index is -0.620. The molecule has 0 aliphatic heterocycles. The number of hydrogen-bond donors (Lipinski definition) is 1. The van der Waals surface area contributed by atoms with Crippen molar-refractivity contribution in [1.29, 1.82) is 0 Å². The van der Waals surface area contributed by atoms with Crippen LogP contribution in [0.25, 0.3) is 0 Å². The molecule has 0 aliphatic carbocycles. The van der Waals surface area contributed by atoms with E-state index < -0.39 is 11.9 Å². The van der Waals surface area contributed by atoms with E-state index in [9.17, 15) is 9.18 Å². The van der Waals surface area contributed by atoms with Gasteiger partial charge in [0.2, 0.25) is 0 Å². The summed E-state index contributed by atoms with van der Waals surface area (Å²) in [6.07, 6.45) is 0.290. The zero-order chi connectivity index (χ0) is 13.0. The standard InChI is InChI=1S/C13H18FNO2/c1-8(2)12(16)11(15)7-9-5-4-6-10(14)13(9)17-3/h4-6,8,11H,7,15H2,1-3H3. The minimum absolute atomic E-state index is 0.0312. The molecule has 0 amide bonds. The number of nitrogens with two attached hydrogens (primary N) is 1. The lowest BCUT2D eigenvalue weighted by Gasteiger charge is -2.15. The van der Waals surface area contributed by atoms with Crippen LogP contribution in [0.15, 0.2) is 18.2 Å². The van der Waals surface area contributed by atoms with E-state index in [4.69, 9.17) is 10.5 Å². The molecule has 0 bridgehead atoms. The number of rotatable bonds is 5. The van der Waals surface area contributed by atoms with Crippen LogP contribution < -0.4 is 10.5 Å². The fourth-order valence-electron chi connectivity index (χ4n) is 1.71. The van der Waals surface area contributed by atoms with Crippen LogP contribution in [0, 0.1) is 11.7 Å². The second-order valence-electron chi connectivity index (χ2n) is 4.30. The lowest BCUT2D eigenvalue weighted by Crippen LogP contribution is -2.35. The Morgan fingerprint density at radius 2 is 2.12 bits per heavy atom. The molecule has 1 aromatic rings. The molecule has 1 aromatic carbocycles. The maximum Gasteiger partial charge on any atom is 0.165 e. The van der Waals surface area contributed by atoms with Gasteiger partial charge in [0.15, 0.2) is 17.3 Å². The van der Waals surface area contributed by atoms with Crippen LogP contribution in [-0.2, 0) is 11.2 Å². The lowest BCUT2D eigenvalue weighted by molar-refractivity contribution is -0.123. The Hall–Kier alpha value is -1.42. The quantitative estimate of drug-likeness (QED) is 0.854. The molecular formula is C13H18FNO2. The van der Waals surface area contributed by atoms with Gasteiger partial charge in [0.25, 0.3) is 0 Å². The molecule has 0 saturated heterocycles. The Morgan fingerprint density at radius 3 is 2.65 bits per heavy atom. The molecule has 0 spiro atoms. The van der Waals surface area contributed by atoms with E-state index in [1.807, 2.05) is 0 Å². The van der Waals surface area contributed by atoms with E-state index in [-0.39, 0.29) is 23.9 Å². The Bertz CT molecular complexity index is 404. The molecule has 1 rings (SSSR count). The van der Waals surface area contributed by atoms with Crippen molar-refractivity contribution >= 4 is 5.78 Å². The number of hydrogen-bond acceptors (Lipinski definition) is 3. The first kappa shape index (κ1) is 13.6. The van der Waals surface area contributed by atoms with Crippen LogP contribution in [0.2, 0.25) is 0 Å². The average molecular weight is 239 g/mol. The molecule has 2 N–H and O–H groups in total. The third kappa shape index (κ3) is 3.27. The normalized spacial score (nSPS) is 12.6. The van der Waals surface area contributed by atoms with Crippen LogP contribution in [-0.4, -0.2) is 18.9 Å². The van der Waals surface area contributed by atoms with Gasteiger partial charge in [0.1, 0.15) is 0 Å². The van der Waals surface area contributed by atoms with Crippen LogP contribution in [0.5, 0.6) is 5.75 Å². The zero-order valence-electron chi connectivity index (χ0n) is 10.4. The topological polar surface area (TPSA) is 52.3 Å². The van der Waals surface area contributed by atoms with Crippen molar-refractivity contribution in [3.63, 3.8) is 0 Å². The van der Waals surface area contributed by atoms with Crippen molar-refractivity contribution in [1.82, 2.24) is 0 Å². The van der Waals surface area contributed by atoms with Gasteiger partial charge in [-0.25, -0.2) is 4.39 Å². The number of para-hydroxylation sites is 1. The Balaban J connectivity index is 2.88. The highest BCUT2D eigenvalue weighted by Gasteiger charge is 2.19. The van der Waals surface area contributed by atoms with Gasteiger partial charge < -0.3 is 10.5 Å². The monoisotopic (exact) mass is 239 g/mol. The zero-order valence-corrected chi connectivity index (χ0v) is 10.4. The van der Waals surface area contributed by atoms with Crippen LogP contribution >= 0.6 is 0 Å². The van der Waals surface area contributed by atoms with Crippen molar-refractivity contribution in [3.05, 3.63) is 29.6 Å². The third-order valence-corrected chi connectivity index (χ3v) is 2.63. The van der Waals surface area contributed by atoms with Gasteiger partial charge in [-0.2, -0.15) is 0 Å². The number of ether oxygens (including phenoxy) is 1. The van der Waals surface area contributed by atoms with Crippen molar-refractivity contribution in [2.24, 2.45) is 11.7 Å². The number of carbonyl (C=O) groups excluding carboxylic acids is 1. The SMILES string of the molecule is COc1c(F)cccc1CC(N)C(=O)C(C)C. The molecule has 3 nitrogen and oxygen atoms in total. The number of ketones is 1. The maximum absolute atomic E-state index is 13.4. The van der Waals surface area contributed by atoms with Crippen molar-refractivity contribution in [2.45, 2.75) is 26.3 Å². The van der Waals surface area contributed by atoms with E-state index in [1.54, 1.807) is 26.0 Å². The molecule has 0 heterocycles. The highest BCUT2D eigenvalue weighted by molar-refractivity contribution is 5.85. The predicted octanol–water partition coefficient (Wildman–Crippen LogP) is 1.93. The van der Waals surface area contributed by atoms with E-state index in [0.29, 0.717) is 5.56 Å². The van der Waals surface area contributed by atoms with Gasteiger partial charge in [0, 0.05) is 5.92 Å². The van der Waals surface area contributed by atoms with E-state index in [2.05, 4.69) is 0 Å². The average Bonchev–Trinajstić information content (AvgIpc) is 2.28. The van der Waals surface area contributed by atoms with Gasteiger partial charge >= 0.3 is 0 Å². The summed E-state index contributed by atoms with van der Waals surface area (Å²) in [5.41, 5.74) is 6.42. The molecular weight excluding hydrogens is 221 g/mol. The predicted molar refractivity (Wildman–Crippen MR) is 64.5 cm³/mol. The highest BCUT2D eigenvalue weighted by atomic mass is 19.1.